The second kappa shape index (κ2) is 8.45. The van der Waals surface area contributed by atoms with Gasteiger partial charge in [-0.3, -0.25) is 9.59 Å². The molecule has 1 saturated heterocycles. The lowest BCUT2D eigenvalue weighted by Crippen LogP contribution is -2.45. The Bertz CT molecular complexity index is 1270. The molecule has 2 aromatic carbocycles. The summed E-state index contributed by atoms with van der Waals surface area (Å²) in [4.78, 5) is 33.7. The van der Waals surface area contributed by atoms with Crippen LogP contribution in [0.15, 0.2) is 48.5 Å². The number of carbonyl (C=O) groups excluding carboxylic acids is 2. The Kier molecular flexibility index (Phi) is 5.47. The van der Waals surface area contributed by atoms with Crippen molar-refractivity contribution in [1.29, 1.82) is 5.26 Å². The van der Waals surface area contributed by atoms with Crippen LogP contribution in [0.1, 0.15) is 43.4 Å². The van der Waals surface area contributed by atoms with Gasteiger partial charge in [0.25, 0.3) is 11.8 Å². The molecule has 33 heavy (non-hydrogen) atoms. The summed E-state index contributed by atoms with van der Waals surface area (Å²) >= 11 is 1.54. The lowest BCUT2D eigenvalue weighted by molar-refractivity contribution is 0.0690. The molecule has 0 bridgehead atoms. The number of nitriles is 1. The van der Waals surface area contributed by atoms with Crippen molar-refractivity contribution in [2.45, 2.75) is 26.3 Å². The summed E-state index contributed by atoms with van der Waals surface area (Å²) in [5.74, 6) is 0.687. The molecule has 3 atom stereocenters. The van der Waals surface area contributed by atoms with Gasteiger partial charge in [-0.15, -0.1) is 11.3 Å². The van der Waals surface area contributed by atoms with Crippen molar-refractivity contribution in [1.82, 2.24) is 15.2 Å². The molecule has 0 radical (unpaired) electrons. The Morgan fingerprint density at radius 1 is 1.21 bits per heavy atom. The van der Waals surface area contributed by atoms with E-state index >= 15 is 0 Å². The highest BCUT2D eigenvalue weighted by atomic mass is 32.1. The van der Waals surface area contributed by atoms with Crippen LogP contribution in [0.3, 0.4) is 0 Å². The molecule has 1 aliphatic carbocycles. The monoisotopic (exact) mass is 456 g/mol. The van der Waals surface area contributed by atoms with E-state index in [1.54, 1.807) is 35.6 Å². The molecule has 5 rings (SSSR count). The van der Waals surface area contributed by atoms with Crippen molar-refractivity contribution in [2.24, 2.45) is 11.8 Å². The van der Waals surface area contributed by atoms with E-state index in [1.807, 2.05) is 36.9 Å². The number of hydrogen-bond acceptors (Lipinski definition) is 5. The first-order valence-corrected chi connectivity index (χ1v) is 11.9. The van der Waals surface area contributed by atoms with E-state index in [0.717, 1.165) is 27.4 Å². The maximum atomic E-state index is 13.6. The Balaban J connectivity index is 1.34. The standard InChI is InChI=1S/C26H24N4O2S/c1-15-4-3-5-19(10-15)24-23(29-16(2)33-24)26(32)30-14-20-11-21(20)22(30)13-28-25(31)18-8-6-17(12-27)7-9-18/h3-10,20-22H,11,13-14H2,1-2H3,(H,28,31)/t20-,21-,22+/m0/s1. The van der Waals surface area contributed by atoms with Gasteiger partial charge in [0.1, 0.15) is 5.69 Å². The number of fused-ring (bicyclic) bond motifs is 1. The summed E-state index contributed by atoms with van der Waals surface area (Å²) in [6, 6.07) is 16.7. The molecule has 7 heteroatoms. The zero-order valence-electron chi connectivity index (χ0n) is 18.5. The van der Waals surface area contributed by atoms with Gasteiger partial charge in [0, 0.05) is 18.7 Å². The third kappa shape index (κ3) is 4.14. The predicted molar refractivity (Wildman–Crippen MR) is 127 cm³/mol. The quantitative estimate of drug-likeness (QED) is 0.624. The summed E-state index contributed by atoms with van der Waals surface area (Å²) in [6.45, 7) is 5.09. The number of amides is 2. The van der Waals surface area contributed by atoms with Crippen molar-refractivity contribution in [3.8, 4) is 16.5 Å². The molecule has 2 heterocycles. The van der Waals surface area contributed by atoms with Crippen molar-refractivity contribution in [3.63, 3.8) is 0 Å². The number of benzene rings is 2. The average Bonchev–Trinajstić information content (AvgIpc) is 3.33. The van der Waals surface area contributed by atoms with Gasteiger partial charge in [-0.25, -0.2) is 4.98 Å². The van der Waals surface area contributed by atoms with Gasteiger partial charge < -0.3 is 10.2 Å². The van der Waals surface area contributed by atoms with E-state index in [-0.39, 0.29) is 17.9 Å². The highest BCUT2D eigenvalue weighted by Crippen LogP contribution is 2.50. The Morgan fingerprint density at radius 3 is 2.73 bits per heavy atom. The van der Waals surface area contributed by atoms with E-state index in [1.165, 1.54) is 0 Å². The van der Waals surface area contributed by atoms with Crippen LogP contribution in [-0.4, -0.2) is 40.8 Å². The van der Waals surface area contributed by atoms with Gasteiger partial charge in [0.05, 0.1) is 27.6 Å². The number of rotatable bonds is 5. The summed E-state index contributed by atoms with van der Waals surface area (Å²) < 4.78 is 0. The molecule has 166 valence electrons. The molecule has 1 N–H and O–H groups in total. The normalized spacial score (nSPS) is 20.8. The largest absolute Gasteiger partial charge is 0.350 e. The molecule has 3 aromatic rings. The van der Waals surface area contributed by atoms with Crippen molar-refractivity contribution >= 4 is 23.2 Å². The maximum absolute atomic E-state index is 13.6. The fraction of sp³-hybridized carbons (Fsp3) is 0.308. The molecule has 0 unspecified atom stereocenters. The zero-order valence-corrected chi connectivity index (χ0v) is 19.4. The fourth-order valence-corrected chi connectivity index (χ4v) is 5.66. The number of carbonyl (C=O) groups is 2. The predicted octanol–water partition coefficient (Wildman–Crippen LogP) is 4.19. The molecule has 6 nitrogen and oxygen atoms in total. The van der Waals surface area contributed by atoms with Crippen LogP contribution < -0.4 is 5.32 Å². The summed E-state index contributed by atoms with van der Waals surface area (Å²) in [5.41, 5.74) is 3.69. The molecule has 1 aromatic heterocycles. The second-order valence-electron chi connectivity index (χ2n) is 8.86. The summed E-state index contributed by atoms with van der Waals surface area (Å²) in [6.07, 6.45) is 1.10. The second-order valence-corrected chi connectivity index (χ2v) is 10.1. The zero-order chi connectivity index (χ0) is 23.1. The first-order chi connectivity index (χ1) is 15.9. The molecule has 1 saturated carbocycles. The summed E-state index contributed by atoms with van der Waals surface area (Å²) in [5, 5.41) is 12.8. The van der Waals surface area contributed by atoms with Gasteiger partial charge in [0.2, 0.25) is 0 Å². The number of aryl methyl sites for hydroxylation is 2. The lowest BCUT2D eigenvalue weighted by Gasteiger charge is -2.27. The Morgan fingerprint density at radius 2 is 2.00 bits per heavy atom. The van der Waals surface area contributed by atoms with Gasteiger partial charge in [0.15, 0.2) is 0 Å². The first kappa shape index (κ1) is 21.4. The van der Waals surface area contributed by atoms with Crippen LogP contribution >= 0.6 is 11.3 Å². The Hall–Kier alpha value is -3.50. The highest BCUT2D eigenvalue weighted by Gasteiger charge is 2.54. The lowest BCUT2D eigenvalue weighted by atomic mass is 10.1. The molecule has 0 spiro atoms. The first-order valence-electron chi connectivity index (χ1n) is 11.1. The van der Waals surface area contributed by atoms with E-state index in [4.69, 9.17) is 5.26 Å². The topological polar surface area (TPSA) is 86.1 Å². The molecule has 2 aliphatic rings. The SMILES string of the molecule is Cc1cccc(-c2sc(C)nc2C(=O)N2C[C@@H]3C[C@@H]3[C@H]2CNC(=O)c2ccc(C#N)cc2)c1. The van der Waals surface area contributed by atoms with Crippen LogP contribution in [0.4, 0.5) is 0 Å². The third-order valence-electron chi connectivity index (χ3n) is 6.53. The highest BCUT2D eigenvalue weighted by molar-refractivity contribution is 7.15. The number of nitrogens with zero attached hydrogens (tertiary/aromatic N) is 3. The Labute approximate surface area is 196 Å². The van der Waals surface area contributed by atoms with Gasteiger partial charge >= 0.3 is 0 Å². The van der Waals surface area contributed by atoms with E-state index in [9.17, 15) is 9.59 Å². The van der Waals surface area contributed by atoms with Crippen molar-refractivity contribution in [2.75, 3.05) is 13.1 Å². The van der Waals surface area contributed by atoms with E-state index in [0.29, 0.717) is 41.7 Å². The minimum absolute atomic E-state index is 0.0304. The number of thiazole rings is 1. The van der Waals surface area contributed by atoms with Gasteiger partial charge in [-0.1, -0.05) is 29.8 Å². The summed E-state index contributed by atoms with van der Waals surface area (Å²) in [7, 11) is 0. The van der Waals surface area contributed by atoms with Crippen molar-refractivity contribution < 1.29 is 9.59 Å². The van der Waals surface area contributed by atoms with Gasteiger partial charge in [-0.2, -0.15) is 5.26 Å². The van der Waals surface area contributed by atoms with Crippen LogP contribution in [0.25, 0.3) is 10.4 Å². The van der Waals surface area contributed by atoms with Crippen LogP contribution in [0, 0.1) is 37.0 Å². The molecular weight excluding hydrogens is 432 g/mol. The number of piperidine rings is 1. The van der Waals surface area contributed by atoms with E-state index < -0.39 is 0 Å². The van der Waals surface area contributed by atoms with Crippen LogP contribution in [-0.2, 0) is 0 Å². The molecular formula is C26H24N4O2S. The average molecular weight is 457 g/mol. The molecule has 2 amide bonds. The van der Waals surface area contributed by atoms with Crippen molar-refractivity contribution in [3.05, 3.63) is 75.9 Å². The minimum Gasteiger partial charge on any atom is -0.350 e. The number of aromatic nitrogens is 1. The third-order valence-corrected chi connectivity index (χ3v) is 7.55. The maximum Gasteiger partial charge on any atom is 0.274 e. The minimum atomic E-state index is -0.194. The van der Waals surface area contributed by atoms with E-state index in [2.05, 4.69) is 22.4 Å². The number of likely N-dealkylation sites (tertiary alicyclic amines) is 1. The number of hydrogen-bond donors (Lipinski definition) is 1. The smallest absolute Gasteiger partial charge is 0.274 e. The molecule has 1 aliphatic heterocycles. The van der Waals surface area contributed by atoms with Crippen LogP contribution in [0.5, 0.6) is 0 Å². The fourth-order valence-electron chi connectivity index (χ4n) is 4.75. The van der Waals surface area contributed by atoms with Gasteiger partial charge in [-0.05, 0) is 61.9 Å². The van der Waals surface area contributed by atoms with Crippen LogP contribution in [0.2, 0.25) is 0 Å². The number of nitrogens with one attached hydrogen (secondary N) is 1. The molecule has 2 fully saturated rings.